The fourth-order valence-electron chi connectivity index (χ4n) is 8.07. The molecule has 0 aliphatic carbocycles. The Morgan fingerprint density at radius 3 is 1.85 bits per heavy atom. The largest absolute Gasteiger partial charge is 0.308 e. The summed E-state index contributed by atoms with van der Waals surface area (Å²) in [6.45, 7) is 0. The van der Waals surface area contributed by atoms with E-state index in [1.807, 2.05) is 24.4 Å². The number of nitrogens with zero attached hydrogens (tertiary/aromatic N) is 5. The van der Waals surface area contributed by atoms with Crippen LogP contribution in [0.15, 0.2) is 176 Å². The van der Waals surface area contributed by atoms with Gasteiger partial charge in [0.15, 0.2) is 5.82 Å². The average Bonchev–Trinajstić information content (AvgIpc) is 3.74. The van der Waals surface area contributed by atoms with Crippen molar-refractivity contribution in [3.05, 3.63) is 176 Å². The summed E-state index contributed by atoms with van der Waals surface area (Å²) in [5, 5.41) is 7.36. The van der Waals surface area contributed by atoms with Gasteiger partial charge in [0, 0.05) is 50.1 Å². The molecular weight excluding hydrogens is 635 g/mol. The van der Waals surface area contributed by atoms with Crippen LogP contribution in [0.2, 0.25) is 0 Å². The van der Waals surface area contributed by atoms with Crippen molar-refractivity contribution in [1.82, 2.24) is 24.1 Å². The van der Waals surface area contributed by atoms with Crippen molar-refractivity contribution in [2.75, 3.05) is 0 Å². The summed E-state index contributed by atoms with van der Waals surface area (Å²) in [5.74, 6) is 1.59. The Bertz CT molecular complexity index is 3050. The zero-order valence-electron chi connectivity index (χ0n) is 28.0. The minimum Gasteiger partial charge on any atom is -0.308 e. The molecule has 4 aromatic heterocycles. The van der Waals surface area contributed by atoms with Gasteiger partial charge in [0.05, 0.1) is 33.5 Å². The molecule has 5 nitrogen and oxygen atoms in total. The lowest BCUT2D eigenvalue weighted by Crippen LogP contribution is -1.99. The molecule has 5 heteroatoms. The summed E-state index contributed by atoms with van der Waals surface area (Å²) in [6.07, 6.45) is 1.87. The summed E-state index contributed by atoms with van der Waals surface area (Å²) in [4.78, 5) is 15.2. The van der Waals surface area contributed by atoms with E-state index in [-0.39, 0.29) is 0 Å². The normalized spacial score (nSPS) is 11.8. The summed E-state index contributed by atoms with van der Waals surface area (Å²) in [5.41, 5.74) is 10.5. The van der Waals surface area contributed by atoms with Gasteiger partial charge in [0.2, 0.25) is 0 Å². The molecule has 4 heterocycles. The lowest BCUT2D eigenvalue weighted by molar-refractivity contribution is 1.08. The Hall–Kier alpha value is -7.11. The van der Waals surface area contributed by atoms with E-state index in [2.05, 4.69) is 161 Å². The van der Waals surface area contributed by atoms with E-state index in [1.165, 1.54) is 43.4 Å². The SMILES string of the molecule is c1ccc(-c2cc(-c3ccccc3)nc(-c3cccc(-n4c5cccc6ccc7cc8c(c9ccccc9n8-c8ccccn8)c4c7c65)c3)n2)cc1. The Balaban J connectivity index is 1.22. The summed E-state index contributed by atoms with van der Waals surface area (Å²) < 4.78 is 4.75. The highest BCUT2D eigenvalue weighted by Crippen LogP contribution is 2.46. The van der Waals surface area contributed by atoms with Gasteiger partial charge in [-0.25, -0.2) is 15.0 Å². The lowest BCUT2D eigenvalue weighted by atomic mass is 9.99. The van der Waals surface area contributed by atoms with E-state index in [0.29, 0.717) is 5.82 Å². The van der Waals surface area contributed by atoms with Crippen LogP contribution in [0.3, 0.4) is 0 Å². The van der Waals surface area contributed by atoms with Gasteiger partial charge in [0.25, 0.3) is 0 Å². The van der Waals surface area contributed by atoms with E-state index < -0.39 is 0 Å². The van der Waals surface area contributed by atoms with Crippen LogP contribution in [0.25, 0.3) is 99.8 Å². The van der Waals surface area contributed by atoms with Gasteiger partial charge in [-0.15, -0.1) is 0 Å². The van der Waals surface area contributed by atoms with Gasteiger partial charge in [-0.1, -0.05) is 121 Å². The number of benzene rings is 7. The molecule has 7 aromatic carbocycles. The van der Waals surface area contributed by atoms with Crippen molar-refractivity contribution < 1.29 is 0 Å². The first kappa shape index (κ1) is 28.7. The number of fused-ring (bicyclic) bond motifs is 4. The minimum atomic E-state index is 0.687. The predicted octanol–water partition coefficient (Wildman–Crippen LogP) is 11.7. The first-order chi connectivity index (χ1) is 25.8. The topological polar surface area (TPSA) is 48.5 Å². The van der Waals surface area contributed by atoms with Crippen LogP contribution in [-0.2, 0) is 0 Å². The van der Waals surface area contributed by atoms with E-state index in [1.54, 1.807) is 0 Å². The molecule has 0 spiro atoms. The second-order valence-electron chi connectivity index (χ2n) is 13.3. The molecule has 0 atom stereocenters. The Labute approximate surface area is 299 Å². The molecule has 0 unspecified atom stereocenters. The van der Waals surface area contributed by atoms with E-state index >= 15 is 0 Å². The highest BCUT2D eigenvalue weighted by molar-refractivity contribution is 6.33. The van der Waals surface area contributed by atoms with E-state index in [4.69, 9.17) is 15.0 Å². The van der Waals surface area contributed by atoms with Crippen molar-refractivity contribution in [2.24, 2.45) is 0 Å². The molecule has 11 rings (SSSR count). The first-order valence-electron chi connectivity index (χ1n) is 17.5. The van der Waals surface area contributed by atoms with Crippen LogP contribution in [-0.4, -0.2) is 24.1 Å². The van der Waals surface area contributed by atoms with Crippen molar-refractivity contribution >= 4 is 54.4 Å². The molecule has 0 aliphatic heterocycles. The van der Waals surface area contributed by atoms with Gasteiger partial charge in [0.1, 0.15) is 5.82 Å². The fraction of sp³-hybridized carbons (Fsp3) is 0. The maximum Gasteiger partial charge on any atom is 0.160 e. The maximum absolute atomic E-state index is 5.17. The average molecular weight is 664 g/mol. The summed E-state index contributed by atoms with van der Waals surface area (Å²) >= 11 is 0. The highest BCUT2D eigenvalue weighted by Gasteiger charge is 2.24. The molecule has 0 N–H and O–H groups in total. The van der Waals surface area contributed by atoms with Crippen molar-refractivity contribution in [1.29, 1.82) is 0 Å². The third-order valence-electron chi connectivity index (χ3n) is 10.3. The number of hydrogen-bond donors (Lipinski definition) is 0. The Morgan fingerprint density at radius 2 is 1.08 bits per heavy atom. The zero-order chi connectivity index (χ0) is 34.2. The van der Waals surface area contributed by atoms with Gasteiger partial charge in [-0.2, -0.15) is 0 Å². The molecule has 0 saturated heterocycles. The van der Waals surface area contributed by atoms with Crippen LogP contribution in [0.5, 0.6) is 0 Å². The molecule has 0 radical (unpaired) electrons. The zero-order valence-corrected chi connectivity index (χ0v) is 28.0. The molecule has 0 fully saturated rings. The standard InChI is InChI=1S/C47H29N5/c1-3-13-30(14-4-1)37-29-38(31-15-5-2-6-16-31)50-47(49-37)34-18-11-19-35(27-34)51-40-22-12-17-32-24-25-33-28-41-45(46(51)44(33)43(32)40)36-20-7-8-21-39(36)52(41)42-23-9-10-26-48-42/h1-29H. The first-order valence-corrected chi connectivity index (χ1v) is 17.5. The van der Waals surface area contributed by atoms with Crippen molar-refractivity contribution in [3.8, 4) is 45.4 Å². The lowest BCUT2D eigenvalue weighted by Gasteiger charge is -2.13. The number of rotatable bonds is 5. The Morgan fingerprint density at radius 1 is 0.404 bits per heavy atom. The molecule has 242 valence electrons. The molecule has 52 heavy (non-hydrogen) atoms. The highest BCUT2D eigenvalue weighted by atomic mass is 15.1. The van der Waals surface area contributed by atoms with Crippen LogP contribution in [0, 0.1) is 0 Å². The molecule has 0 aliphatic rings. The van der Waals surface area contributed by atoms with E-state index in [0.717, 1.165) is 50.6 Å². The van der Waals surface area contributed by atoms with Crippen molar-refractivity contribution in [2.45, 2.75) is 0 Å². The number of para-hydroxylation sites is 1. The second-order valence-corrected chi connectivity index (χ2v) is 13.3. The maximum atomic E-state index is 5.17. The fourth-order valence-corrected chi connectivity index (χ4v) is 8.07. The van der Waals surface area contributed by atoms with Crippen LogP contribution >= 0.6 is 0 Å². The second kappa shape index (κ2) is 11.2. The minimum absolute atomic E-state index is 0.687. The van der Waals surface area contributed by atoms with Gasteiger partial charge in [-0.3, -0.25) is 4.57 Å². The quantitative estimate of drug-likeness (QED) is 0.172. The van der Waals surface area contributed by atoms with Crippen molar-refractivity contribution in [3.63, 3.8) is 0 Å². The van der Waals surface area contributed by atoms with Crippen LogP contribution < -0.4 is 0 Å². The number of aromatic nitrogens is 5. The molecule has 0 bridgehead atoms. The smallest absolute Gasteiger partial charge is 0.160 e. The molecular formula is C47H29N5. The monoisotopic (exact) mass is 663 g/mol. The number of hydrogen-bond acceptors (Lipinski definition) is 3. The van der Waals surface area contributed by atoms with E-state index in [9.17, 15) is 0 Å². The molecule has 11 aromatic rings. The van der Waals surface area contributed by atoms with Gasteiger partial charge >= 0.3 is 0 Å². The van der Waals surface area contributed by atoms with Gasteiger partial charge < -0.3 is 4.57 Å². The molecule has 0 amide bonds. The third kappa shape index (κ3) is 4.26. The van der Waals surface area contributed by atoms with Gasteiger partial charge in [-0.05, 0) is 59.3 Å². The predicted molar refractivity (Wildman–Crippen MR) is 214 cm³/mol. The Kier molecular flexibility index (Phi) is 6.18. The summed E-state index contributed by atoms with van der Waals surface area (Å²) in [7, 11) is 0. The summed E-state index contributed by atoms with van der Waals surface area (Å²) in [6, 6.07) is 59.8. The molecule has 0 saturated carbocycles. The third-order valence-corrected chi connectivity index (χ3v) is 10.3. The van der Waals surface area contributed by atoms with Crippen LogP contribution in [0.4, 0.5) is 0 Å². The van der Waals surface area contributed by atoms with Crippen LogP contribution in [0.1, 0.15) is 0 Å². The number of pyridine rings is 1.